The number of amides is 1. The van der Waals surface area contributed by atoms with E-state index in [2.05, 4.69) is 10.3 Å². The monoisotopic (exact) mass is 240 g/mol. The van der Waals surface area contributed by atoms with Crippen molar-refractivity contribution in [3.8, 4) is 0 Å². The van der Waals surface area contributed by atoms with Gasteiger partial charge in [-0.15, -0.1) is 0 Å². The largest absolute Gasteiger partial charge is 0.381 e. The molecule has 17 heavy (non-hydrogen) atoms. The topological polar surface area (TPSA) is 110 Å². The molecule has 0 aliphatic rings. The lowest BCUT2D eigenvalue weighted by Crippen LogP contribution is -2.36. The predicted octanol–water partition coefficient (Wildman–Crippen LogP) is -0.918. The minimum absolute atomic E-state index is 0.00659. The van der Waals surface area contributed by atoms with Gasteiger partial charge in [-0.3, -0.25) is 9.59 Å². The van der Waals surface area contributed by atoms with Gasteiger partial charge in [0, 0.05) is 18.4 Å². The molecule has 1 heterocycles. The standard InChI is InChI=1S/C10H16N4O3/c1-6(2)14-4-3-12-9(10(14)17)13-5-7(15)8(11)16/h3-4,6-7,15H,5H2,1-2H3,(H2,11,16)(H,12,13). The number of nitrogens with zero attached hydrogens (tertiary/aromatic N) is 2. The molecule has 1 rings (SSSR count). The molecule has 0 saturated carbocycles. The fourth-order valence-corrected chi connectivity index (χ4v) is 1.25. The van der Waals surface area contributed by atoms with Crippen molar-refractivity contribution in [3.63, 3.8) is 0 Å². The summed E-state index contributed by atoms with van der Waals surface area (Å²) in [5, 5.41) is 11.8. The van der Waals surface area contributed by atoms with Crippen LogP contribution in [0.2, 0.25) is 0 Å². The molecule has 1 aromatic heterocycles. The molecule has 0 aliphatic carbocycles. The molecule has 0 radical (unpaired) electrons. The smallest absolute Gasteiger partial charge is 0.293 e. The molecular weight excluding hydrogens is 224 g/mol. The van der Waals surface area contributed by atoms with Crippen molar-refractivity contribution in [2.24, 2.45) is 5.73 Å². The van der Waals surface area contributed by atoms with E-state index in [1.165, 1.54) is 10.8 Å². The van der Waals surface area contributed by atoms with Gasteiger partial charge in [-0.25, -0.2) is 4.98 Å². The van der Waals surface area contributed by atoms with E-state index in [-0.39, 0.29) is 24.0 Å². The Kier molecular flexibility index (Phi) is 4.22. The van der Waals surface area contributed by atoms with Gasteiger partial charge < -0.3 is 20.7 Å². The van der Waals surface area contributed by atoms with Crippen LogP contribution in [-0.4, -0.2) is 33.2 Å². The summed E-state index contributed by atoms with van der Waals surface area (Å²) in [4.78, 5) is 26.3. The van der Waals surface area contributed by atoms with Crippen molar-refractivity contribution in [2.75, 3.05) is 11.9 Å². The molecule has 1 unspecified atom stereocenters. The lowest BCUT2D eigenvalue weighted by Gasteiger charge is -2.12. The van der Waals surface area contributed by atoms with Crippen molar-refractivity contribution >= 4 is 11.7 Å². The maximum Gasteiger partial charge on any atom is 0.293 e. The van der Waals surface area contributed by atoms with Crippen molar-refractivity contribution in [2.45, 2.75) is 26.0 Å². The number of nitrogens with one attached hydrogen (secondary N) is 1. The first-order valence-corrected chi connectivity index (χ1v) is 5.22. The van der Waals surface area contributed by atoms with Gasteiger partial charge in [0.2, 0.25) is 5.91 Å². The van der Waals surface area contributed by atoms with Gasteiger partial charge in [0.15, 0.2) is 5.82 Å². The summed E-state index contributed by atoms with van der Waals surface area (Å²) in [6.45, 7) is 3.59. The number of anilines is 1. The highest BCUT2D eigenvalue weighted by molar-refractivity contribution is 5.79. The number of primary amides is 1. The fourth-order valence-electron chi connectivity index (χ4n) is 1.25. The van der Waals surface area contributed by atoms with Crippen LogP contribution in [0.5, 0.6) is 0 Å². The van der Waals surface area contributed by atoms with Crippen molar-refractivity contribution in [3.05, 3.63) is 22.7 Å². The molecule has 94 valence electrons. The summed E-state index contributed by atoms with van der Waals surface area (Å²) < 4.78 is 1.49. The highest BCUT2D eigenvalue weighted by atomic mass is 16.3. The van der Waals surface area contributed by atoms with Gasteiger partial charge in [-0.1, -0.05) is 0 Å². The zero-order valence-corrected chi connectivity index (χ0v) is 9.75. The number of rotatable bonds is 5. The Balaban J connectivity index is 2.83. The number of carbonyl (C=O) groups is 1. The maximum absolute atomic E-state index is 11.8. The molecule has 0 spiro atoms. The van der Waals surface area contributed by atoms with Crippen LogP contribution in [0.1, 0.15) is 19.9 Å². The van der Waals surface area contributed by atoms with Crippen LogP contribution in [0.3, 0.4) is 0 Å². The zero-order valence-electron chi connectivity index (χ0n) is 9.75. The highest BCUT2D eigenvalue weighted by Gasteiger charge is 2.12. The highest BCUT2D eigenvalue weighted by Crippen LogP contribution is 2.01. The average molecular weight is 240 g/mol. The van der Waals surface area contributed by atoms with Crippen LogP contribution in [-0.2, 0) is 4.79 Å². The van der Waals surface area contributed by atoms with Crippen LogP contribution in [0.4, 0.5) is 5.82 Å². The summed E-state index contributed by atoms with van der Waals surface area (Å²) in [7, 11) is 0. The lowest BCUT2D eigenvalue weighted by molar-refractivity contribution is -0.125. The van der Waals surface area contributed by atoms with Gasteiger partial charge in [0.05, 0.1) is 6.54 Å². The summed E-state index contributed by atoms with van der Waals surface area (Å²) in [6.07, 6.45) is 1.70. The fraction of sp³-hybridized carbons (Fsp3) is 0.500. The minimum Gasteiger partial charge on any atom is -0.381 e. The molecule has 1 amide bonds. The van der Waals surface area contributed by atoms with Gasteiger partial charge in [-0.2, -0.15) is 0 Å². The number of hydrogen-bond donors (Lipinski definition) is 3. The lowest BCUT2D eigenvalue weighted by atomic mass is 10.3. The second-order valence-electron chi connectivity index (χ2n) is 3.88. The normalized spacial score (nSPS) is 12.5. The van der Waals surface area contributed by atoms with Gasteiger partial charge in [-0.05, 0) is 13.8 Å². The van der Waals surface area contributed by atoms with Crippen LogP contribution < -0.4 is 16.6 Å². The number of hydrogen-bond acceptors (Lipinski definition) is 5. The first-order chi connectivity index (χ1) is 7.93. The Morgan fingerprint density at radius 3 is 2.82 bits per heavy atom. The van der Waals surface area contributed by atoms with Crippen molar-refractivity contribution in [1.82, 2.24) is 9.55 Å². The van der Waals surface area contributed by atoms with E-state index >= 15 is 0 Å². The van der Waals surface area contributed by atoms with Crippen LogP contribution in [0.25, 0.3) is 0 Å². The second-order valence-corrected chi connectivity index (χ2v) is 3.88. The minimum atomic E-state index is -1.34. The molecule has 4 N–H and O–H groups in total. The van der Waals surface area contributed by atoms with Crippen LogP contribution >= 0.6 is 0 Å². The van der Waals surface area contributed by atoms with Crippen molar-refractivity contribution in [1.29, 1.82) is 0 Å². The molecule has 7 heteroatoms. The van der Waals surface area contributed by atoms with Gasteiger partial charge in [0.1, 0.15) is 6.10 Å². The van der Waals surface area contributed by atoms with Gasteiger partial charge >= 0.3 is 0 Å². The summed E-state index contributed by atoms with van der Waals surface area (Å²) in [5.74, 6) is -0.765. The average Bonchev–Trinajstić information content (AvgIpc) is 2.26. The number of aromatic nitrogens is 2. The third-order valence-corrected chi connectivity index (χ3v) is 2.22. The Morgan fingerprint density at radius 2 is 2.29 bits per heavy atom. The van der Waals surface area contributed by atoms with Crippen molar-refractivity contribution < 1.29 is 9.90 Å². The first-order valence-electron chi connectivity index (χ1n) is 5.22. The van der Waals surface area contributed by atoms with E-state index < -0.39 is 12.0 Å². The molecule has 0 aliphatic heterocycles. The van der Waals surface area contributed by atoms with Crippen LogP contribution in [0, 0.1) is 0 Å². The predicted molar refractivity (Wildman–Crippen MR) is 62.6 cm³/mol. The number of nitrogens with two attached hydrogens (primary N) is 1. The molecule has 1 aromatic rings. The maximum atomic E-state index is 11.8. The number of aliphatic hydroxyl groups excluding tert-OH is 1. The summed E-state index contributed by atoms with van der Waals surface area (Å²) in [6, 6.07) is 0.00659. The molecule has 0 bridgehead atoms. The van der Waals surface area contributed by atoms with E-state index in [0.29, 0.717) is 0 Å². The zero-order chi connectivity index (χ0) is 13.0. The van der Waals surface area contributed by atoms with E-state index in [0.717, 1.165) is 0 Å². The van der Waals surface area contributed by atoms with E-state index in [9.17, 15) is 14.7 Å². The molecule has 0 fully saturated rings. The Bertz CT molecular complexity index is 455. The summed E-state index contributed by atoms with van der Waals surface area (Å²) in [5.41, 5.74) is 4.58. The number of aliphatic hydroxyl groups is 1. The SMILES string of the molecule is CC(C)n1ccnc(NCC(O)C(N)=O)c1=O. The third kappa shape index (κ3) is 3.28. The number of carbonyl (C=O) groups excluding carboxylic acids is 1. The van der Waals surface area contributed by atoms with Gasteiger partial charge in [0.25, 0.3) is 5.56 Å². The molecular formula is C10H16N4O3. The molecule has 0 saturated heterocycles. The molecule has 1 atom stereocenters. The third-order valence-electron chi connectivity index (χ3n) is 2.22. The second kappa shape index (κ2) is 5.44. The van der Waals surface area contributed by atoms with Crippen LogP contribution in [0.15, 0.2) is 17.2 Å². The van der Waals surface area contributed by atoms with E-state index in [1.54, 1.807) is 6.20 Å². The quantitative estimate of drug-likeness (QED) is 0.616. The van der Waals surface area contributed by atoms with E-state index in [4.69, 9.17) is 5.73 Å². The Labute approximate surface area is 98.3 Å². The molecule has 7 nitrogen and oxygen atoms in total. The molecule has 0 aromatic carbocycles. The summed E-state index contributed by atoms with van der Waals surface area (Å²) >= 11 is 0. The first kappa shape index (κ1) is 13.2. The Morgan fingerprint density at radius 1 is 1.65 bits per heavy atom. The van der Waals surface area contributed by atoms with E-state index in [1.807, 2.05) is 13.8 Å². The Hall–Kier alpha value is -1.89.